The molecule has 0 saturated heterocycles. The van der Waals surface area contributed by atoms with Gasteiger partial charge >= 0.3 is 0 Å². The maximum Gasteiger partial charge on any atom is 0.163 e. The Morgan fingerprint density at radius 1 is 1.00 bits per heavy atom. The van der Waals surface area contributed by atoms with Crippen LogP contribution >= 0.6 is 0 Å². The van der Waals surface area contributed by atoms with E-state index in [0.29, 0.717) is 12.2 Å². The van der Waals surface area contributed by atoms with Crippen molar-refractivity contribution >= 4 is 22.2 Å². The van der Waals surface area contributed by atoms with Crippen molar-refractivity contribution in [2.45, 2.75) is 12.8 Å². The zero-order valence-electron chi connectivity index (χ0n) is 10.2. The van der Waals surface area contributed by atoms with Crippen LogP contribution in [0.25, 0.3) is 10.8 Å². The van der Waals surface area contributed by atoms with E-state index < -0.39 is 0 Å². The summed E-state index contributed by atoms with van der Waals surface area (Å²) in [5.74, 6) is 0.290. The van der Waals surface area contributed by atoms with Gasteiger partial charge in [0.15, 0.2) is 5.78 Å². The number of ketones is 1. The summed E-state index contributed by atoms with van der Waals surface area (Å²) in [6, 6.07) is 10.6. The molecule has 86 valence electrons. The highest BCUT2D eigenvalue weighted by Gasteiger charge is 2.19. The molecule has 0 heterocycles. The van der Waals surface area contributed by atoms with Crippen molar-refractivity contribution in [2.75, 3.05) is 19.0 Å². The van der Waals surface area contributed by atoms with E-state index in [4.69, 9.17) is 0 Å². The minimum Gasteiger partial charge on any atom is -0.378 e. The molecule has 2 nitrogen and oxygen atoms in total. The second kappa shape index (κ2) is 3.59. The molecule has 0 fully saturated rings. The van der Waals surface area contributed by atoms with Gasteiger partial charge in [-0.1, -0.05) is 12.1 Å². The third-order valence-electron chi connectivity index (χ3n) is 3.48. The van der Waals surface area contributed by atoms with Gasteiger partial charge in [0.25, 0.3) is 0 Å². The molecule has 0 aromatic heterocycles. The molecule has 0 aliphatic heterocycles. The van der Waals surface area contributed by atoms with E-state index in [0.717, 1.165) is 17.4 Å². The lowest BCUT2D eigenvalue weighted by molar-refractivity contribution is 0.0994. The van der Waals surface area contributed by atoms with Crippen LogP contribution < -0.4 is 4.90 Å². The lowest BCUT2D eigenvalue weighted by Gasteiger charge is -2.13. The second-order valence-electron chi connectivity index (χ2n) is 4.86. The molecule has 3 rings (SSSR count). The summed E-state index contributed by atoms with van der Waals surface area (Å²) in [6.45, 7) is 0. The molecular weight excluding hydrogens is 210 g/mol. The molecule has 1 aliphatic rings. The number of hydrogen-bond acceptors (Lipinski definition) is 2. The van der Waals surface area contributed by atoms with Gasteiger partial charge in [0, 0.05) is 31.8 Å². The standard InChI is InChI=1S/C15H15NO/c1-16(2)13-5-3-10-9-14-11(4-6-15(14)17)7-12(10)8-13/h3,5,7-9H,4,6H2,1-2H3. The number of anilines is 1. The summed E-state index contributed by atoms with van der Waals surface area (Å²) in [5, 5.41) is 2.38. The third kappa shape index (κ3) is 1.60. The van der Waals surface area contributed by atoms with Gasteiger partial charge in [0.05, 0.1) is 0 Å². The van der Waals surface area contributed by atoms with E-state index in [1.165, 1.54) is 16.6 Å². The molecule has 0 amide bonds. The first kappa shape index (κ1) is 10.3. The number of fused-ring (bicyclic) bond motifs is 2. The van der Waals surface area contributed by atoms with Crippen molar-refractivity contribution in [1.29, 1.82) is 0 Å². The van der Waals surface area contributed by atoms with Crippen LogP contribution in [-0.4, -0.2) is 19.9 Å². The number of carbonyl (C=O) groups excluding carboxylic acids is 1. The Hall–Kier alpha value is -1.83. The minimum absolute atomic E-state index is 0.290. The van der Waals surface area contributed by atoms with Gasteiger partial charge in [0.1, 0.15) is 0 Å². The van der Waals surface area contributed by atoms with Crippen molar-refractivity contribution in [3.8, 4) is 0 Å². The predicted molar refractivity (Wildman–Crippen MR) is 70.9 cm³/mol. The molecule has 0 N–H and O–H groups in total. The molecular formula is C15H15NO. The number of nitrogens with zero attached hydrogens (tertiary/aromatic N) is 1. The largest absolute Gasteiger partial charge is 0.378 e. The molecule has 0 bridgehead atoms. The first-order valence-corrected chi connectivity index (χ1v) is 5.92. The Kier molecular flexibility index (Phi) is 2.18. The van der Waals surface area contributed by atoms with Gasteiger partial charge in [-0.25, -0.2) is 0 Å². The Morgan fingerprint density at radius 2 is 1.82 bits per heavy atom. The number of benzene rings is 2. The highest BCUT2D eigenvalue weighted by atomic mass is 16.1. The molecule has 17 heavy (non-hydrogen) atoms. The maximum atomic E-state index is 11.7. The lowest BCUT2D eigenvalue weighted by Crippen LogP contribution is -2.08. The van der Waals surface area contributed by atoms with E-state index in [-0.39, 0.29) is 0 Å². The van der Waals surface area contributed by atoms with Crippen molar-refractivity contribution in [1.82, 2.24) is 0 Å². The van der Waals surface area contributed by atoms with Crippen molar-refractivity contribution < 1.29 is 4.79 Å². The SMILES string of the molecule is CN(C)c1ccc2cc3c(cc2c1)CCC3=O. The highest BCUT2D eigenvalue weighted by molar-refractivity contribution is 6.04. The van der Waals surface area contributed by atoms with E-state index in [1.54, 1.807) is 0 Å². The summed E-state index contributed by atoms with van der Waals surface area (Å²) in [4.78, 5) is 13.8. The van der Waals surface area contributed by atoms with Crippen LogP contribution in [0.4, 0.5) is 5.69 Å². The van der Waals surface area contributed by atoms with Crippen molar-refractivity contribution in [3.05, 3.63) is 41.5 Å². The van der Waals surface area contributed by atoms with Gasteiger partial charge in [-0.2, -0.15) is 0 Å². The molecule has 0 unspecified atom stereocenters. The van der Waals surface area contributed by atoms with Crippen LogP contribution in [0.5, 0.6) is 0 Å². The van der Waals surface area contributed by atoms with E-state index in [9.17, 15) is 4.79 Å². The van der Waals surface area contributed by atoms with Crippen LogP contribution in [-0.2, 0) is 6.42 Å². The van der Waals surface area contributed by atoms with Gasteiger partial charge in [-0.3, -0.25) is 4.79 Å². The van der Waals surface area contributed by atoms with E-state index in [2.05, 4.69) is 29.2 Å². The first-order chi connectivity index (χ1) is 8.15. The molecule has 1 aliphatic carbocycles. The van der Waals surface area contributed by atoms with Crippen molar-refractivity contribution in [3.63, 3.8) is 0 Å². The average molecular weight is 225 g/mol. The Morgan fingerprint density at radius 3 is 2.59 bits per heavy atom. The Labute approximate surface area is 101 Å². The summed E-state index contributed by atoms with van der Waals surface area (Å²) < 4.78 is 0. The number of aryl methyl sites for hydroxylation is 1. The van der Waals surface area contributed by atoms with Crippen LogP contribution in [0.15, 0.2) is 30.3 Å². The fourth-order valence-electron chi connectivity index (χ4n) is 2.46. The first-order valence-electron chi connectivity index (χ1n) is 5.92. The number of rotatable bonds is 1. The zero-order chi connectivity index (χ0) is 12.0. The minimum atomic E-state index is 0.290. The summed E-state index contributed by atoms with van der Waals surface area (Å²) >= 11 is 0. The maximum absolute atomic E-state index is 11.7. The van der Waals surface area contributed by atoms with Crippen LogP contribution in [0.3, 0.4) is 0 Å². The number of Topliss-reactive ketones (excluding diaryl/α,β-unsaturated/α-hetero) is 1. The second-order valence-corrected chi connectivity index (χ2v) is 4.86. The van der Waals surface area contributed by atoms with Crippen LogP contribution in [0.2, 0.25) is 0 Å². The quantitative estimate of drug-likeness (QED) is 0.743. The normalized spacial score (nSPS) is 14.1. The highest BCUT2D eigenvalue weighted by Crippen LogP contribution is 2.29. The summed E-state index contributed by atoms with van der Waals surface area (Å²) in [6.07, 6.45) is 1.57. The topological polar surface area (TPSA) is 20.3 Å². The van der Waals surface area contributed by atoms with Gasteiger partial charge in [-0.15, -0.1) is 0 Å². The Bertz CT molecular complexity index is 614. The van der Waals surface area contributed by atoms with Gasteiger partial charge < -0.3 is 4.90 Å². The summed E-state index contributed by atoms with van der Waals surface area (Å²) in [5.41, 5.74) is 3.33. The molecule has 2 heteroatoms. The molecule has 2 aromatic rings. The van der Waals surface area contributed by atoms with E-state index in [1.807, 2.05) is 20.2 Å². The summed E-state index contributed by atoms with van der Waals surface area (Å²) in [7, 11) is 4.08. The molecule has 0 atom stereocenters. The number of carbonyl (C=O) groups is 1. The van der Waals surface area contributed by atoms with Crippen LogP contribution in [0.1, 0.15) is 22.3 Å². The fraction of sp³-hybridized carbons (Fsp3) is 0.267. The van der Waals surface area contributed by atoms with Gasteiger partial charge in [0.2, 0.25) is 0 Å². The van der Waals surface area contributed by atoms with Crippen LogP contribution in [0, 0.1) is 0 Å². The Balaban J connectivity index is 2.23. The molecule has 0 spiro atoms. The molecule has 0 radical (unpaired) electrons. The fourth-order valence-corrected chi connectivity index (χ4v) is 2.46. The molecule has 2 aromatic carbocycles. The molecule has 0 saturated carbocycles. The average Bonchev–Trinajstić information content (AvgIpc) is 2.67. The smallest absolute Gasteiger partial charge is 0.163 e. The van der Waals surface area contributed by atoms with Crippen molar-refractivity contribution in [2.24, 2.45) is 0 Å². The zero-order valence-corrected chi connectivity index (χ0v) is 10.2. The monoisotopic (exact) mass is 225 g/mol. The van der Waals surface area contributed by atoms with Gasteiger partial charge in [-0.05, 0) is 41.0 Å². The predicted octanol–water partition coefficient (Wildman–Crippen LogP) is 3.03. The van der Waals surface area contributed by atoms with E-state index >= 15 is 0 Å². The number of hydrogen-bond donors (Lipinski definition) is 0. The lowest BCUT2D eigenvalue weighted by atomic mass is 10.0. The third-order valence-corrected chi connectivity index (χ3v) is 3.48.